The van der Waals surface area contributed by atoms with Crippen molar-refractivity contribution in [1.82, 2.24) is 0 Å². The maximum absolute atomic E-state index is 9.57. The van der Waals surface area contributed by atoms with Gasteiger partial charge in [0, 0.05) is 0 Å². The molecule has 0 saturated heterocycles. The molecule has 154 valence electrons. The summed E-state index contributed by atoms with van der Waals surface area (Å²) in [5.74, 6) is 3.90. The monoisotopic (exact) mass is 374 g/mol. The highest BCUT2D eigenvalue weighted by molar-refractivity contribution is 5.40. The molecule has 1 aromatic carbocycles. The fourth-order valence-electron chi connectivity index (χ4n) is 4.31. The SMILES string of the molecule is CC(C)CCCC(C)CCCC(C)CCCC1CCc2cc(O)ccc2O1. The summed E-state index contributed by atoms with van der Waals surface area (Å²) in [4.78, 5) is 0. The lowest BCUT2D eigenvalue weighted by Gasteiger charge is -2.26. The van der Waals surface area contributed by atoms with Crippen molar-refractivity contribution in [1.29, 1.82) is 0 Å². The van der Waals surface area contributed by atoms with Gasteiger partial charge >= 0.3 is 0 Å². The van der Waals surface area contributed by atoms with Gasteiger partial charge in [-0.2, -0.15) is 0 Å². The highest BCUT2D eigenvalue weighted by atomic mass is 16.5. The number of rotatable bonds is 12. The van der Waals surface area contributed by atoms with Crippen LogP contribution in [0.1, 0.15) is 97.5 Å². The topological polar surface area (TPSA) is 29.5 Å². The summed E-state index contributed by atoms with van der Waals surface area (Å²) in [5, 5.41) is 9.57. The van der Waals surface area contributed by atoms with Crippen LogP contribution < -0.4 is 4.74 Å². The van der Waals surface area contributed by atoms with Gasteiger partial charge in [-0.25, -0.2) is 0 Å². The zero-order chi connectivity index (χ0) is 19.6. The van der Waals surface area contributed by atoms with Gasteiger partial charge in [-0.1, -0.05) is 72.6 Å². The van der Waals surface area contributed by atoms with Gasteiger partial charge in [0.1, 0.15) is 11.5 Å². The average molecular weight is 375 g/mol. The summed E-state index contributed by atoms with van der Waals surface area (Å²) >= 11 is 0. The molecular formula is C25H42O2. The zero-order valence-corrected chi connectivity index (χ0v) is 18.2. The van der Waals surface area contributed by atoms with Crippen molar-refractivity contribution in [2.45, 2.75) is 104 Å². The van der Waals surface area contributed by atoms with Gasteiger partial charge in [-0.05, 0) is 67.2 Å². The van der Waals surface area contributed by atoms with Gasteiger partial charge in [0.2, 0.25) is 0 Å². The molecule has 3 atom stereocenters. The summed E-state index contributed by atoms with van der Waals surface area (Å²) in [7, 11) is 0. The molecule has 1 aliphatic heterocycles. The van der Waals surface area contributed by atoms with E-state index in [4.69, 9.17) is 4.74 Å². The van der Waals surface area contributed by atoms with E-state index in [0.717, 1.165) is 48.3 Å². The second kappa shape index (κ2) is 11.6. The quantitative estimate of drug-likeness (QED) is 0.410. The first-order valence-electron chi connectivity index (χ1n) is 11.4. The Balaban J connectivity index is 1.53. The molecular weight excluding hydrogens is 332 g/mol. The molecule has 2 heteroatoms. The molecule has 1 N–H and O–H groups in total. The first kappa shape index (κ1) is 22.1. The van der Waals surface area contributed by atoms with Crippen LogP contribution >= 0.6 is 0 Å². The lowest BCUT2D eigenvalue weighted by Crippen LogP contribution is -2.22. The largest absolute Gasteiger partial charge is 0.508 e. The Morgan fingerprint density at radius 2 is 1.56 bits per heavy atom. The number of ether oxygens (including phenoxy) is 1. The third-order valence-corrected chi connectivity index (χ3v) is 6.17. The molecule has 0 radical (unpaired) electrons. The minimum absolute atomic E-state index is 0.346. The van der Waals surface area contributed by atoms with Crippen molar-refractivity contribution in [3.63, 3.8) is 0 Å². The van der Waals surface area contributed by atoms with Crippen LogP contribution in [-0.4, -0.2) is 11.2 Å². The van der Waals surface area contributed by atoms with Crippen LogP contribution in [0.15, 0.2) is 18.2 Å². The van der Waals surface area contributed by atoms with E-state index in [1.54, 1.807) is 6.07 Å². The predicted molar refractivity (Wildman–Crippen MR) is 116 cm³/mol. The van der Waals surface area contributed by atoms with E-state index >= 15 is 0 Å². The van der Waals surface area contributed by atoms with E-state index in [2.05, 4.69) is 27.7 Å². The van der Waals surface area contributed by atoms with Crippen LogP contribution in [0.5, 0.6) is 11.5 Å². The molecule has 0 aromatic heterocycles. The Morgan fingerprint density at radius 1 is 0.926 bits per heavy atom. The second-order valence-corrected chi connectivity index (χ2v) is 9.47. The molecule has 0 spiro atoms. The maximum atomic E-state index is 9.57. The first-order chi connectivity index (χ1) is 12.9. The normalized spacial score (nSPS) is 18.8. The number of hydrogen-bond donors (Lipinski definition) is 1. The fraction of sp³-hybridized carbons (Fsp3) is 0.760. The molecule has 2 rings (SSSR count). The predicted octanol–water partition coefficient (Wildman–Crippen LogP) is 7.52. The molecule has 3 unspecified atom stereocenters. The van der Waals surface area contributed by atoms with E-state index in [0.29, 0.717) is 11.9 Å². The van der Waals surface area contributed by atoms with Crippen LogP contribution in [0.2, 0.25) is 0 Å². The van der Waals surface area contributed by atoms with E-state index in [9.17, 15) is 5.11 Å². The van der Waals surface area contributed by atoms with Gasteiger partial charge < -0.3 is 9.84 Å². The number of fused-ring (bicyclic) bond motifs is 1. The number of hydrogen-bond acceptors (Lipinski definition) is 2. The van der Waals surface area contributed by atoms with Crippen molar-refractivity contribution < 1.29 is 9.84 Å². The Bertz CT molecular complexity index is 537. The van der Waals surface area contributed by atoms with Crippen LogP contribution in [0.25, 0.3) is 0 Å². The van der Waals surface area contributed by atoms with Gasteiger partial charge in [0.15, 0.2) is 0 Å². The number of aromatic hydroxyl groups is 1. The first-order valence-corrected chi connectivity index (χ1v) is 11.4. The van der Waals surface area contributed by atoms with Crippen molar-refractivity contribution in [3.05, 3.63) is 23.8 Å². The van der Waals surface area contributed by atoms with Crippen LogP contribution in [-0.2, 0) is 6.42 Å². The summed E-state index contributed by atoms with van der Waals surface area (Å²) in [6, 6.07) is 5.49. The molecule has 1 aliphatic rings. The Morgan fingerprint density at radius 3 is 2.22 bits per heavy atom. The zero-order valence-electron chi connectivity index (χ0n) is 18.2. The third kappa shape index (κ3) is 8.58. The fourth-order valence-corrected chi connectivity index (χ4v) is 4.31. The number of benzene rings is 1. The van der Waals surface area contributed by atoms with Crippen LogP contribution in [0, 0.1) is 17.8 Å². The van der Waals surface area contributed by atoms with Gasteiger partial charge in [0.25, 0.3) is 0 Å². The van der Waals surface area contributed by atoms with E-state index in [-0.39, 0.29) is 0 Å². The Kier molecular flexibility index (Phi) is 9.51. The van der Waals surface area contributed by atoms with Gasteiger partial charge in [-0.15, -0.1) is 0 Å². The minimum atomic E-state index is 0.346. The molecule has 0 bridgehead atoms. The van der Waals surface area contributed by atoms with E-state index in [1.165, 1.54) is 51.4 Å². The van der Waals surface area contributed by atoms with E-state index in [1.807, 2.05) is 12.1 Å². The van der Waals surface area contributed by atoms with Crippen molar-refractivity contribution >= 4 is 0 Å². The minimum Gasteiger partial charge on any atom is -0.508 e. The summed E-state index contributed by atoms with van der Waals surface area (Å²) in [6.45, 7) is 9.51. The average Bonchev–Trinajstić information content (AvgIpc) is 2.61. The summed E-state index contributed by atoms with van der Waals surface area (Å²) < 4.78 is 6.12. The summed E-state index contributed by atoms with van der Waals surface area (Å²) in [5.41, 5.74) is 1.15. The number of phenolic OH excluding ortho intramolecular Hbond substituents is 1. The third-order valence-electron chi connectivity index (χ3n) is 6.17. The highest BCUT2D eigenvalue weighted by Gasteiger charge is 2.20. The lowest BCUT2D eigenvalue weighted by molar-refractivity contribution is 0.158. The Hall–Kier alpha value is -1.18. The van der Waals surface area contributed by atoms with Crippen LogP contribution in [0.3, 0.4) is 0 Å². The molecule has 0 amide bonds. The molecule has 1 heterocycles. The van der Waals surface area contributed by atoms with Gasteiger partial charge in [0.05, 0.1) is 6.10 Å². The standard InChI is InChI=1S/C25H42O2/c1-19(2)8-5-9-20(3)10-6-11-21(4)12-7-13-24-16-14-22-18-23(26)15-17-25(22)27-24/h15,17-21,24,26H,5-14,16H2,1-4H3. The number of aryl methyl sites for hydroxylation is 1. The van der Waals surface area contributed by atoms with Crippen LogP contribution in [0.4, 0.5) is 0 Å². The van der Waals surface area contributed by atoms with Gasteiger partial charge in [-0.3, -0.25) is 0 Å². The molecule has 1 aromatic rings. The molecule has 0 fully saturated rings. The lowest BCUT2D eigenvalue weighted by atomic mass is 9.91. The Labute approximate surface area is 167 Å². The molecule has 0 saturated carbocycles. The highest BCUT2D eigenvalue weighted by Crippen LogP contribution is 2.32. The van der Waals surface area contributed by atoms with Crippen molar-refractivity contribution in [3.8, 4) is 11.5 Å². The summed E-state index contributed by atoms with van der Waals surface area (Å²) in [6.07, 6.45) is 14.6. The smallest absolute Gasteiger partial charge is 0.123 e. The van der Waals surface area contributed by atoms with Crippen molar-refractivity contribution in [2.24, 2.45) is 17.8 Å². The number of phenols is 1. The molecule has 0 aliphatic carbocycles. The maximum Gasteiger partial charge on any atom is 0.123 e. The second-order valence-electron chi connectivity index (χ2n) is 9.47. The molecule has 2 nitrogen and oxygen atoms in total. The molecule has 27 heavy (non-hydrogen) atoms. The van der Waals surface area contributed by atoms with Crippen molar-refractivity contribution in [2.75, 3.05) is 0 Å². The van der Waals surface area contributed by atoms with E-state index < -0.39 is 0 Å².